The zero-order chi connectivity index (χ0) is 15.3. The predicted molar refractivity (Wildman–Crippen MR) is 93.8 cm³/mol. The van der Waals surface area contributed by atoms with E-state index in [2.05, 4.69) is 50.0 Å². The van der Waals surface area contributed by atoms with E-state index in [-0.39, 0.29) is 0 Å². The molecule has 0 radical (unpaired) electrons. The van der Waals surface area contributed by atoms with Crippen LogP contribution in [0, 0.1) is 11.3 Å². The molecule has 0 aromatic carbocycles. The molecule has 2 nitrogen and oxygen atoms in total. The first-order chi connectivity index (χ1) is 10.0. The number of hydrogen-bond donors (Lipinski definition) is 1. The minimum Gasteiger partial charge on any atom is -0.312 e. The van der Waals surface area contributed by atoms with Gasteiger partial charge in [0.15, 0.2) is 0 Å². The van der Waals surface area contributed by atoms with Crippen molar-refractivity contribution in [2.75, 3.05) is 19.6 Å². The van der Waals surface area contributed by atoms with Gasteiger partial charge in [0, 0.05) is 22.8 Å². The summed E-state index contributed by atoms with van der Waals surface area (Å²) in [6, 6.07) is 4.62. The van der Waals surface area contributed by atoms with Gasteiger partial charge in [0.25, 0.3) is 0 Å². The Balaban J connectivity index is 1.75. The van der Waals surface area contributed by atoms with Crippen LogP contribution in [0.3, 0.4) is 0 Å². The van der Waals surface area contributed by atoms with Gasteiger partial charge in [-0.2, -0.15) is 0 Å². The fourth-order valence-corrected chi connectivity index (χ4v) is 3.94. The van der Waals surface area contributed by atoms with E-state index in [1.165, 1.54) is 42.1 Å². The van der Waals surface area contributed by atoms with Gasteiger partial charge in [-0.25, -0.2) is 0 Å². The molecular formula is C18H32N2S. The lowest BCUT2D eigenvalue weighted by Gasteiger charge is -2.38. The van der Waals surface area contributed by atoms with Crippen LogP contribution in [-0.4, -0.2) is 24.5 Å². The van der Waals surface area contributed by atoms with E-state index in [0.717, 1.165) is 25.6 Å². The van der Waals surface area contributed by atoms with Crippen LogP contribution in [0.1, 0.15) is 56.7 Å². The van der Waals surface area contributed by atoms with Gasteiger partial charge in [0.2, 0.25) is 0 Å². The number of piperidine rings is 1. The smallest absolute Gasteiger partial charge is 0.0328 e. The van der Waals surface area contributed by atoms with Crippen LogP contribution in [0.4, 0.5) is 0 Å². The normalized spacial score (nSPS) is 19.3. The van der Waals surface area contributed by atoms with Crippen molar-refractivity contribution in [2.45, 2.75) is 60.0 Å². The third kappa shape index (κ3) is 5.39. The van der Waals surface area contributed by atoms with Gasteiger partial charge in [0.1, 0.15) is 0 Å². The van der Waals surface area contributed by atoms with Crippen LogP contribution >= 0.6 is 11.3 Å². The number of thiophene rings is 1. The molecule has 120 valence electrons. The van der Waals surface area contributed by atoms with Gasteiger partial charge < -0.3 is 5.32 Å². The number of nitrogens with one attached hydrogen (secondary N) is 1. The molecule has 1 fully saturated rings. The van der Waals surface area contributed by atoms with Crippen LogP contribution in [0.2, 0.25) is 0 Å². The van der Waals surface area contributed by atoms with Crippen molar-refractivity contribution in [2.24, 2.45) is 11.3 Å². The largest absolute Gasteiger partial charge is 0.312 e. The van der Waals surface area contributed by atoms with Gasteiger partial charge in [-0.05, 0) is 55.9 Å². The van der Waals surface area contributed by atoms with Crippen LogP contribution in [-0.2, 0) is 13.1 Å². The molecule has 0 atom stereocenters. The Kier molecular flexibility index (Phi) is 6.27. The van der Waals surface area contributed by atoms with Crippen LogP contribution in [0.5, 0.6) is 0 Å². The zero-order valence-electron chi connectivity index (χ0n) is 14.2. The highest BCUT2D eigenvalue weighted by molar-refractivity contribution is 7.11. The van der Waals surface area contributed by atoms with E-state index >= 15 is 0 Å². The van der Waals surface area contributed by atoms with E-state index in [1.807, 2.05) is 11.3 Å². The van der Waals surface area contributed by atoms with Crippen molar-refractivity contribution in [1.29, 1.82) is 0 Å². The highest BCUT2D eigenvalue weighted by Crippen LogP contribution is 2.34. The van der Waals surface area contributed by atoms with Crippen LogP contribution in [0.15, 0.2) is 12.1 Å². The third-order valence-electron chi connectivity index (χ3n) is 4.87. The highest BCUT2D eigenvalue weighted by Gasteiger charge is 2.28. The van der Waals surface area contributed by atoms with Crippen molar-refractivity contribution in [1.82, 2.24) is 10.2 Å². The van der Waals surface area contributed by atoms with Crippen molar-refractivity contribution in [3.8, 4) is 0 Å². The Labute approximate surface area is 134 Å². The summed E-state index contributed by atoms with van der Waals surface area (Å²) < 4.78 is 0. The van der Waals surface area contributed by atoms with Crippen molar-refractivity contribution >= 4 is 11.3 Å². The molecule has 1 N–H and O–H groups in total. The first-order valence-corrected chi connectivity index (χ1v) is 9.33. The van der Waals surface area contributed by atoms with E-state index in [9.17, 15) is 0 Å². The fourth-order valence-electron chi connectivity index (χ4n) is 2.91. The van der Waals surface area contributed by atoms with E-state index < -0.39 is 0 Å². The number of rotatable bonds is 7. The fraction of sp³-hybridized carbons (Fsp3) is 0.778. The molecule has 0 spiro atoms. The minimum atomic E-state index is 0.595. The molecule has 1 aliphatic rings. The topological polar surface area (TPSA) is 15.3 Å². The summed E-state index contributed by atoms with van der Waals surface area (Å²) >= 11 is 1.98. The van der Waals surface area contributed by atoms with E-state index in [0.29, 0.717) is 5.41 Å². The molecule has 1 aromatic rings. The first kappa shape index (κ1) is 17.0. The van der Waals surface area contributed by atoms with Crippen LogP contribution in [0.25, 0.3) is 0 Å². The third-order valence-corrected chi connectivity index (χ3v) is 5.94. The quantitative estimate of drug-likeness (QED) is 0.797. The SMILES string of the molecule is CCC1(C)CCN(Cc2ccc(CNCC(C)C)s2)CC1. The monoisotopic (exact) mass is 308 g/mol. The first-order valence-electron chi connectivity index (χ1n) is 8.51. The summed E-state index contributed by atoms with van der Waals surface area (Å²) in [6.07, 6.45) is 4.04. The molecule has 1 saturated heterocycles. The summed E-state index contributed by atoms with van der Waals surface area (Å²) in [5.74, 6) is 0.727. The van der Waals surface area contributed by atoms with Gasteiger partial charge in [-0.15, -0.1) is 11.3 Å². The van der Waals surface area contributed by atoms with Crippen molar-refractivity contribution in [3.63, 3.8) is 0 Å². The van der Waals surface area contributed by atoms with Crippen LogP contribution < -0.4 is 5.32 Å². The minimum absolute atomic E-state index is 0.595. The molecule has 0 saturated carbocycles. The molecule has 2 heterocycles. The molecule has 21 heavy (non-hydrogen) atoms. The maximum Gasteiger partial charge on any atom is 0.0328 e. The molecule has 0 amide bonds. The van der Waals surface area contributed by atoms with Gasteiger partial charge >= 0.3 is 0 Å². The molecule has 0 bridgehead atoms. The van der Waals surface area contributed by atoms with E-state index in [1.54, 1.807) is 0 Å². The summed E-state index contributed by atoms with van der Waals surface area (Å²) in [7, 11) is 0. The summed E-state index contributed by atoms with van der Waals surface area (Å²) in [5, 5.41) is 3.53. The Morgan fingerprint density at radius 1 is 1.24 bits per heavy atom. The molecule has 1 aromatic heterocycles. The predicted octanol–water partition coefficient (Wildman–Crippen LogP) is 4.51. The Morgan fingerprint density at radius 2 is 1.90 bits per heavy atom. The highest BCUT2D eigenvalue weighted by atomic mass is 32.1. The lowest BCUT2D eigenvalue weighted by molar-refractivity contribution is 0.110. The lowest BCUT2D eigenvalue weighted by atomic mass is 9.78. The summed E-state index contributed by atoms with van der Waals surface area (Å²) in [4.78, 5) is 5.63. The number of nitrogens with zero attached hydrogens (tertiary/aromatic N) is 1. The van der Waals surface area contributed by atoms with Crippen molar-refractivity contribution < 1.29 is 0 Å². The molecular weight excluding hydrogens is 276 g/mol. The molecule has 1 aliphatic heterocycles. The standard InChI is InChI=1S/C18H32N2S/c1-5-18(4)8-10-20(11-9-18)14-17-7-6-16(21-17)13-19-12-15(2)3/h6-7,15,19H,5,8-14H2,1-4H3. The number of hydrogen-bond acceptors (Lipinski definition) is 3. The van der Waals surface area contributed by atoms with Crippen molar-refractivity contribution in [3.05, 3.63) is 21.9 Å². The second-order valence-corrected chi connectivity index (χ2v) is 8.59. The average Bonchev–Trinajstić information content (AvgIpc) is 2.89. The summed E-state index contributed by atoms with van der Waals surface area (Å²) in [6.45, 7) is 15.1. The van der Waals surface area contributed by atoms with E-state index in [4.69, 9.17) is 0 Å². The Bertz CT molecular complexity index is 417. The second-order valence-electron chi connectivity index (χ2n) is 7.33. The maximum atomic E-state index is 3.53. The Hall–Kier alpha value is -0.380. The second kappa shape index (κ2) is 7.75. The molecule has 0 aliphatic carbocycles. The molecule has 0 unspecified atom stereocenters. The lowest BCUT2D eigenvalue weighted by Crippen LogP contribution is -2.37. The number of likely N-dealkylation sites (tertiary alicyclic amines) is 1. The zero-order valence-corrected chi connectivity index (χ0v) is 15.1. The van der Waals surface area contributed by atoms with Gasteiger partial charge in [0.05, 0.1) is 0 Å². The van der Waals surface area contributed by atoms with Gasteiger partial charge in [-0.3, -0.25) is 4.90 Å². The molecule has 3 heteroatoms. The Morgan fingerprint density at radius 3 is 2.52 bits per heavy atom. The molecule has 2 rings (SSSR count). The summed E-state index contributed by atoms with van der Waals surface area (Å²) in [5.41, 5.74) is 0.595. The van der Waals surface area contributed by atoms with Gasteiger partial charge in [-0.1, -0.05) is 34.1 Å². The average molecular weight is 309 g/mol. The maximum absolute atomic E-state index is 3.53.